The van der Waals surface area contributed by atoms with E-state index in [4.69, 9.17) is 9.47 Å². The van der Waals surface area contributed by atoms with Gasteiger partial charge >= 0.3 is 6.09 Å². The zero-order valence-electron chi connectivity index (χ0n) is 14.5. The summed E-state index contributed by atoms with van der Waals surface area (Å²) in [7, 11) is 1.62. The Morgan fingerprint density at radius 3 is 2.77 bits per heavy atom. The van der Waals surface area contributed by atoms with E-state index >= 15 is 0 Å². The molecule has 0 bridgehead atoms. The predicted molar refractivity (Wildman–Crippen MR) is 98.0 cm³/mol. The van der Waals surface area contributed by atoms with Crippen molar-refractivity contribution < 1.29 is 19.4 Å². The third-order valence-electron chi connectivity index (χ3n) is 4.84. The Morgan fingerprint density at radius 1 is 1.23 bits per heavy atom. The van der Waals surface area contributed by atoms with Crippen molar-refractivity contribution in [3.05, 3.63) is 42.7 Å². The van der Waals surface area contributed by atoms with E-state index in [2.05, 4.69) is 4.98 Å². The molecule has 0 aliphatic heterocycles. The van der Waals surface area contributed by atoms with Gasteiger partial charge in [0.25, 0.3) is 0 Å². The third-order valence-corrected chi connectivity index (χ3v) is 4.84. The molecule has 26 heavy (non-hydrogen) atoms. The largest absolute Gasteiger partial charge is 0.493 e. The number of hydrogen-bond acceptors (Lipinski definition) is 4. The van der Waals surface area contributed by atoms with Gasteiger partial charge in [-0.1, -0.05) is 6.07 Å². The molecule has 1 aromatic carbocycles. The molecular weight excluding hydrogens is 332 g/mol. The summed E-state index contributed by atoms with van der Waals surface area (Å²) in [5.74, 6) is 1.37. The van der Waals surface area contributed by atoms with Crippen LogP contribution in [0.4, 0.5) is 4.79 Å². The molecule has 0 amide bonds. The number of benzene rings is 1. The second-order valence-electron chi connectivity index (χ2n) is 6.46. The van der Waals surface area contributed by atoms with Crippen LogP contribution in [-0.2, 0) is 0 Å². The number of aromatic nitrogens is 2. The van der Waals surface area contributed by atoms with Crippen molar-refractivity contribution in [3.8, 4) is 22.6 Å². The summed E-state index contributed by atoms with van der Waals surface area (Å²) in [6.07, 6.45) is 6.81. The number of hydrogen-bond donors (Lipinski definition) is 1. The minimum Gasteiger partial charge on any atom is -0.493 e. The summed E-state index contributed by atoms with van der Waals surface area (Å²) >= 11 is 0. The summed E-state index contributed by atoms with van der Waals surface area (Å²) < 4.78 is 12.7. The van der Waals surface area contributed by atoms with E-state index in [9.17, 15) is 9.90 Å². The molecule has 134 valence electrons. The molecule has 0 atom stereocenters. The Morgan fingerprint density at radius 2 is 2.04 bits per heavy atom. The maximum absolute atomic E-state index is 11.5. The van der Waals surface area contributed by atoms with Crippen molar-refractivity contribution in [2.24, 2.45) is 0 Å². The van der Waals surface area contributed by atoms with Crippen LogP contribution in [-0.4, -0.2) is 34.0 Å². The van der Waals surface area contributed by atoms with E-state index in [1.807, 2.05) is 24.3 Å². The molecule has 1 N–H and O–H groups in total. The Balaban J connectivity index is 1.80. The van der Waals surface area contributed by atoms with E-state index in [1.54, 1.807) is 25.6 Å². The Bertz CT molecular complexity index is 958. The SMILES string of the molecule is COc1ccc(-c2cn(C(=O)O)c3ncccc23)cc1OC1CCCC1. The van der Waals surface area contributed by atoms with Crippen LogP contribution in [0.2, 0.25) is 0 Å². The van der Waals surface area contributed by atoms with Gasteiger partial charge in [0.1, 0.15) is 5.65 Å². The van der Waals surface area contributed by atoms with Gasteiger partial charge in [0.15, 0.2) is 11.5 Å². The fourth-order valence-electron chi connectivity index (χ4n) is 3.56. The van der Waals surface area contributed by atoms with Crippen LogP contribution >= 0.6 is 0 Å². The molecule has 1 aliphatic carbocycles. The maximum Gasteiger partial charge on any atom is 0.417 e. The summed E-state index contributed by atoms with van der Waals surface area (Å²) in [6, 6.07) is 9.37. The highest BCUT2D eigenvalue weighted by Gasteiger charge is 2.20. The normalized spacial score (nSPS) is 14.7. The number of ether oxygens (including phenoxy) is 2. The first-order valence-electron chi connectivity index (χ1n) is 8.72. The summed E-state index contributed by atoms with van der Waals surface area (Å²) in [6.45, 7) is 0. The molecular formula is C20H20N2O4. The lowest BCUT2D eigenvalue weighted by molar-refractivity contribution is 0.197. The summed E-state index contributed by atoms with van der Waals surface area (Å²) in [5, 5.41) is 10.2. The topological polar surface area (TPSA) is 73.6 Å². The predicted octanol–water partition coefficient (Wildman–Crippen LogP) is 4.56. The van der Waals surface area contributed by atoms with Gasteiger partial charge in [-0.25, -0.2) is 14.3 Å². The van der Waals surface area contributed by atoms with Gasteiger partial charge in [0, 0.05) is 23.3 Å². The molecule has 1 saturated carbocycles. The molecule has 2 aromatic heterocycles. The first-order valence-corrected chi connectivity index (χ1v) is 8.72. The average molecular weight is 352 g/mol. The molecule has 6 heteroatoms. The molecule has 3 aromatic rings. The second-order valence-corrected chi connectivity index (χ2v) is 6.46. The van der Waals surface area contributed by atoms with Crippen LogP contribution in [0.1, 0.15) is 25.7 Å². The van der Waals surface area contributed by atoms with Crippen LogP contribution in [0.3, 0.4) is 0 Å². The maximum atomic E-state index is 11.5. The number of carbonyl (C=O) groups is 1. The van der Waals surface area contributed by atoms with Crippen molar-refractivity contribution in [3.63, 3.8) is 0 Å². The highest BCUT2D eigenvalue weighted by molar-refractivity contribution is 5.98. The van der Waals surface area contributed by atoms with E-state index in [0.717, 1.165) is 33.9 Å². The van der Waals surface area contributed by atoms with Crippen molar-refractivity contribution in [1.82, 2.24) is 9.55 Å². The second kappa shape index (κ2) is 6.71. The fraction of sp³-hybridized carbons (Fsp3) is 0.300. The Labute approximate surface area is 151 Å². The first-order chi connectivity index (χ1) is 12.7. The van der Waals surface area contributed by atoms with Gasteiger partial charge < -0.3 is 14.6 Å². The van der Waals surface area contributed by atoms with Crippen molar-refractivity contribution in [2.75, 3.05) is 7.11 Å². The van der Waals surface area contributed by atoms with Crippen LogP contribution in [0.25, 0.3) is 22.2 Å². The number of pyridine rings is 1. The molecule has 1 aliphatic rings. The standard InChI is InChI=1S/C20H20N2O4/c1-25-17-9-8-13(11-18(17)26-14-5-2-3-6-14)16-12-22(20(23)24)19-15(16)7-4-10-21-19/h4,7-12,14H,2-3,5-6H2,1H3,(H,23,24). The Hall–Kier alpha value is -3.02. The molecule has 0 spiro atoms. The zero-order chi connectivity index (χ0) is 18.1. The van der Waals surface area contributed by atoms with Crippen LogP contribution < -0.4 is 9.47 Å². The monoisotopic (exact) mass is 352 g/mol. The molecule has 4 rings (SSSR count). The quantitative estimate of drug-likeness (QED) is 0.745. The first kappa shape index (κ1) is 16.4. The van der Waals surface area contributed by atoms with Crippen molar-refractivity contribution in [1.29, 1.82) is 0 Å². The van der Waals surface area contributed by atoms with E-state index < -0.39 is 6.09 Å². The molecule has 0 saturated heterocycles. The average Bonchev–Trinajstić information content (AvgIpc) is 3.29. The molecule has 6 nitrogen and oxygen atoms in total. The van der Waals surface area contributed by atoms with Gasteiger partial charge in [-0.2, -0.15) is 0 Å². The number of methoxy groups -OCH3 is 1. The minimum atomic E-state index is -1.06. The van der Waals surface area contributed by atoms with Crippen molar-refractivity contribution >= 4 is 17.1 Å². The number of rotatable bonds is 4. The highest BCUT2D eigenvalue weighted by Crippen LogP contribution is 2.37. The highest BCUT2D eigenvalue weighted by atomic mass is 16.5. The van der Waals surface area contributed by atoms with Gasteiger partial charge in [0.05, 0.1) is 13.2 Å². The lowest BCUT2D eigenvalue weighted by Crippen LogP contribution is -2.11. The number of carboxylic acid groups (broad SMARTS) is 1. The minimum absolute atomic E-state index is 0.209. The lowest BCUT2D eigenvalue weighted by atomic mass is 10.1. The summed E-state index contributed by atoms with van der Waals surface area (Å²) in [4.78, 5) is 15.7. The van der Waals surface area contributed by atoms with Gasteiger partial charge in [-0.15, -0.1) is 0 Å². The number of fused-ring (bicyclic) bond motifs is 1. The van der Waals surface area contributed by atoms with Gasteiger partial charge in [-0.3, -0.25) is 0 Å². The van der Waals surface area contributed by atoms with E-state index in [0.29, 0.717) is 17.1 Å². The fourth-order valence-corrected chi connectivity index (χ4v) is 3.56. The smallest absolute Gasteiger partial charge is 0.417 e. The van der Waals surface area contributed by atoms with Crippen LogP contribution in [0, 0.1) is 0 Å². The van der Waals surface area contributed by atoms with Gasteiger partial charge in [-0.05, 0) is 55.5 Å². The van der Waals surface area contributed by atoms with Gasteiger partial charge in [0.2, 0.25) is 0 Å². The van der Waals surface area contributed by atoms with Crippen LogP contribution in [0.5, 0.6) is 11.5 Å². The summed E-state index contributed by atoms with van der Waals surface area (Å²) in [5.41, 5.74) is 2.09. The van der Waals surface area contributed by atoms with E-state index in [1.165, 1.54) is 12.8 Å². The Kier molecular flexibility index (Phi) is 4.24. The molecule has 0 radical (unpaired) electrons. The number of nitrogens with zero attached hydrogens (tertiary/aromatic N) is 2. The van der Waals surface area contributed by atoms with Crippen molar-refractivity contribution in [2.45, 2.75) is 31.8 Å². The van der Waals surface area contributed by atoms with Crippen LogP contribution in [0.15, 0.2) is 42.7 Å². The zero-order valence-corrected chi connectivity index (χ0v) is 14.5. The van der Waals surface area contributed by atoms with E-state index in [-0.39, 0.29) is 6.10 Å². The lowest BCUT2D eigenvalue weighted by Gasteiger charge is -2.16. The third kappa shape index (κ3) is 2.87. The molecule has 1 fully saturated rings. The molecule has 0 unspecified atom stereocenters. The molecule has 2 heterocycles.